The summed E-state index contributed by atoms with van der Waals surface area (Å²) in [5, 5.41) is 26.9. The average molecular weight is 1290 g/mol. The van der Waals surface area contributed by atoms with E-state index in [0.717, 1.165) is 17.7 Å². The van der Waals surface area contributed by atoms with Gasteiger partial charge in [0.2, 0.25) is 5.75 Å². The molecule has 0 radical (unpaired) electrons. The average Bonchev–Trinajstić information content (AvgIpc) is 1.23. The van der Waals surface area contributed by atoms with Crippen molar-refractivity contribution in [1.82, 2.24) is 0 Å². The predicted molar refractivity (Wildman–Crippen MR) is 331 cm³/mol. The molecule has 0 saturated heterocycles. The highest BCUT2D eigenvalue weighted by Crippen LogP contribution is 2.40. The summed E-state index contributed by atoms with van der Waals surface area (Å²) in [5.41, 5.74) is 0.420. The quantitative estimate of drug-likeness (QED) is 0.0208. The molecule has 3 rings (SSSR count). The molecule has 0 heterocycles. The fourth-order valence-electron chi connectivity index (χ4n) is 6.52. The molecule has 0 aliphatic rings. The minimum atomic E-state index is -3.72. The van der Waals surface area contributed by atoms with E-state index < -0.39 is 39.3 Å². The Morgan fingerprint density at radius 1 is 0.382 bits per heavy atom. The van der Waals surface area contributed by atoms with Crippen molar-refractivity contribution in [2.75, 3.05) is 173 Å². The van der Waals surface area contributed by atoms with Crippen LogP contribution in [-0.4, -0.2) is 231 Å². The third-order valence-electron chi connectivity index (χ3n) is 10.7. The van der Waals surface area contributed by atoms with Gasteiger partial charge in [0.05, 0.1) is 191 Å². The number of carbonyl (C=O) groups is 2. The highest BCUT2D eigenvalue weighted by atomic mass is 32.2. The van der Waals surface area contributed by atoms with Gasteiger partial charge in [-0.05, 0) is 126 Å². The molecule has 0 fully saturated rings. The molecule has 25 nitrogen and oxygen atoms in total. The number of methoxy groups -OCH3 is 2. The van der Waals surface area contributed by atoms with Crippen LogP contribution in [0.3, 0.4) is 0 Å². The van der Waals surface area contributed by atoms with Gasteiger partial charge in [0.25, 0.3) is 10.1 Å². The van der Waals surface area contributed by atoms with Crippen molar-refractivity contribution in [3.63, 3.8) is 0 Å². The highest BCUT2D eigenvalue weighted by Gasteiger charge is 2.21. The molecule has 3 aromatic rings. The third kappa shape index (κ3) is 43.3. The molecule has 0 aliphatic heterocycles. The van der Waals surface area contributed by atoms with Gasteiger partial charge >= 0.3 is 11.9 Å². The van der Waals surface area contributed by atoms with Crippen molar-refractivity contribution in [3.05, 3.63) is 65.2 Å². The summed E-state index contributed by atoms with van der Waals surface area (Å²) in [5.74, 6) is -2.14. The zero-order valence-corrected chi connectivity index (χ0v) is 56.1. The number of esters is 2. The van der Waals surface area contributed by atoms with E-state index in [2.05, 4.69) is 4.74 Å². The maximum absolute atomic E-state index is 12.6. The van der Waals surface area contributed by atoms with Crippen molar-refractivity contribution in [1.29, 1.82) is 0 Å². The van der Waals surface area contributed by atoms with E-state index in [-0.39, 0.29) is 91.3 Å². The standard InChI is InChI=1S/C38H68O14.C17H28O6S.C8H8O5/c1-36(2,3)50-26-20-44-14-11-41-17-23-47-32-29-31(35(39)40-10)30-33(48-24-18-42-12-15-45-21-27-51-37(4,5)6)34(32)49-25-19-43-13-16-46-22-28-52-38(7,8)9;1-15-5-7-16(8-6-15)24(18,19)23-14-12-21-10-9-20-11-13-22-17(2,3)4;1-13-8(12)4-2-5(9)7(11)6(10)3-4/h29-30H,11-28H2,1-10H3;5-8H,9-14H2,1-4H3;2-3,9-11H,1H3. The summed E-state index contributed by atoms with van der Waals surface area (Å²) in [4.78, 5) is 23.6. The first-order valence-electron chi connectivity index (χ1n) is 29.5. The van der Waals surface area contributed by atoms with Crippen molar-refractivity contribution < 1.29 is 118 Å². The normalized spacial score (nSPS) is 11.9. The van der Waals surface area contributed by atoms with Crippen LogP contribution in [0.25, 0.3) is 0 Å². The molecule has 26 heteroatoms. The lowest BCUT2D eigenvalue weighted by Crippen LogP contribution is -2.22. The number of aromatic hydroxyl groups is 3. The molecule has 512 valence electrons. The van der Waals surface area contributed by atoms with Gasteiger partial charge in [-0.25, -0.2) is 9.59 Å². The lowest BCUT2D eigenvalue weighted by atomic mass is 10.2. The van der Waals surface area contributed by atoms with Crippen LogP contribution in [0.5, 0.6) is 34.5 Å². The van der Waals surface area contributed by atoms with Gasteiger partial charge < -0.3 is 95.8 Å². The number of benzene rings is 3. The monoisotopic (exact) mass is 1290 g/mol. The molecule has 3 N–H and O–H groups in total. The zero-order valence-electron chi connectivity index (χ0n) is 55.3. The van der Waals surface area contributed by atoms with E-state index in [9.17, 15) is 18.0 Å². The van der Waals surface area contributed by atoms with Gasteiger partial charge in [0, 0.05) is 0 Å². The Morgan fingerprint density at radius 2 is 0.652 bits per heavy atom. The first kappa shape index (κ1) is 81.8. The molecular formula is C63H104O25S. The second-order valence-electron chi connectivity index (χ2n) is 23.0. The SMILES string of the molecule is COC(=O)c1cc(O)c(O)c(O)c1.COC(=O)c1cc(OCCOCCOCCOC(C)(C)C)c(OCCOCCOCCOC(C)(C)C)c(OCCOCCOCCOC(C)(C)C)c1.Cc1ccc(S(=O)(=O)OCCOCCOCCOC(C)(C)C)cc1. The largest absolute Gasteiger partial charge is 0.504 e. The maximum Gasteiger partial charge on any atom is 0.338 e. The molecule has 0 spiro atoms. The Morgan fingerprint density at radius 3 is 0.955 bits per heavy atom. The van der Waals surface area contributed by atoms with Crippen molar-refractivity contribution in [2.24, 2.45) is 0 Å². The van der Waals surface area contributed by atoms with Crippen LogP contribution < -0.4 is 14.2 Å². The maximum atomic E-state index is 12.6. The van der Waals surface area contributed by atoms with Gasteiger partial charge in [-0.3, -0.25) is 4.18 Å². The van der Waals surface area contributed by atoms with Crippen molar-refractivity contribution in [3.8, 4) is 34.5 Å². The number of carbonyl (C=O) groups excluding carboxylic acids is 2. The van der Waals surface area contributed by atoms with Crippen LogP contribution in [0.1, 0.15) is 109 Å². The Bertz CT molecular complexity index is 2380. The minimum Gasteiger partial charge on any atom is -0.504 e. The summed E-state index contributed by atoms with van der Waals surface area (Å²) in [7, 11) is -1.25. The highest BCUT2D eigenvalue weighted by molar-refractivity contribution is 7.86. The number of phenolic OH excluding ortho intramolecular Hbond substituents is 3. The van der Waals surface area contributed by atoms with Crippen LogP contribution in [-0.2, 0) is 80.6 Å². The van der Waals surface area contributed by atoms with E-state index in [1.54, 1.807) is 24.3 Å². The van der Waals surface area contributed by atoms with Gasteiger partial charge in [-0.1, -0.05) is 17.7 Å². The Kier molecular flexibility index (Phi) is 41.5. The van der Waals surface area contributed by atoms with Crippen LogP contribution in [0.2, 0.25) is 0 Å². The van der Waals surface area contributed by atoms with Crippen LogP contribution in [0, 0.1) is 6.92 Å². The first-order valence-corrected chi connectivity index (χ1v) is 30.9. The van der Waals surface area contributed by atoms with Gasteiger partial charge in [0.15, 0.2) is 28.7 Å². The van der Waals surface area contributed by atoms with E-state index in [0.29, 0.717) is 123 Å². The summed E-state index contributed by atoms with van der Waals surface area (Å²) in [6.45, 7) is 34.7. The topological polar surface area (TPSA) is 295 Å². The minimum absolute atomic E-state index is 0.0245. The lowest BCUT2D eigenvalue weighted by molar-refractivity contribution is -0.0438. The van der Waals surface area contributed by atoms with Gasteiger partial charge in [0.1, 0.15) is 19.8 Å². The number of ether oxygens (including phenoxy) is 17. The van der Waals surface area contributed by atoms with Crippen molar-refractivity contribution >= 4 is 22.1 Å². The second-order valence-corrected chi connectivity index (χ2v) is 24.6. The zero-order chi connectivity index (χ0) is 66.8. The molecular weight excluding hydrogens is 1190 g/mol. The van der Waals surface area contributed by atoms with Gasteiger partial charge in [-0.15, -0.1) is 0 Å². The van der Waals surface area contributed by atoms with Crippen molar-refractivity contribution in [2.45, 2.75) is 117 Å². The second kappa shape index (κ2) is 45.2. The fraction of sp³-hybridized carbons (Fsp3) is 0.683. The molecule has 0 unspecified atom stereocenters. The summed E-state index contributed by atoms with van der Waals surface area (Å²) in [6, 6.07) is 11.6. The van der Waals surface area contributed by atoms with Crippen LogP contribution >= 0.6 is 0 Å². The van der Waals surface area contributed by atoms with Crippen LogP contribution in [0.15, 0.2) is 53.4 Å². The molecule has 0 amide bonds. The molecule has 3 aromatic carbocycles. The van der Waals surface area contributed by atoms with E-state index >= 15 is 0 Å². The third-order valence-corrected chi connectivity index (χ3v) is 12.0. The number of hydrogen-bond acceptors (Lipinski definition) is 25. The number of hydrogen-bond donors (Lipinski definition) is 3. The van der Waals surface area contributed by atoms with E-state index in [4.69, 9.17) is 95.3 Å². The Hall–Kier alpha value is -5.17. The lowest BCUT2D eigenvalue weighted by Gasteiger charge is -2.19. The molecule has 0 aromatic heterocycles. The summed E-state index contributed by atoms with van der Waals surface area (Å²) >= 11 is 0. The smallest absolute Gasteiger partial charge is 0.338 e. The number of phenols is 3. The molecule has 0 aliphatic carbocycles. The van der Waals surface area contributed by atoms with Crippen LogP contribution in [0.4, 0.5) is 0 Å². The molecule has 0 saturated carbocycles. The fourth-order valence-corrected chi connectivity index (χ4v) is 7.42. The summed E-state index contributed by atoms with van der Waals surface area (Å²) in [6.07, 6.45) is 0. The Labute approximate surface area is 528 Å². The van der Waals surface area contributed by atoms with Gasteiger partial charge in [-0.2, -0.15) is 8.42 Å². The first-order chi connectivity index (χ1) is 41.9. The number of aryl methyl sites for hydroxylation is 1. The van der Waals surface area contributed by atoms with E-state index in [1.165, 1.54) is 26.4 Å². The molecule has 89 heavy (non-hydrogen) atoms. The van der Waals surface area contributed by atoms with E-state index in [1.807, 2.05) is 90.0 Å². The summed E-state index contributed by atoms with van der Waals surface area (Å²) < 4.78 is 123. The molecule has 0 bridgehead atoms. The predicted octanol–water partition coefficient (Wildman–Crippen LogP) is 8.29. The molecule has 0 atom stereocenters. The number of rotatable bonds is 43. The Balaban J connectivity index is 0.000000866.